The molecule has 0 atom stereocenters. The molecular formula is C15H14FN3S. The van der Waals surface area contributed by atoms with Gasteiger partial charge in [-0.3, -0.25) is 5.10 Å². The Morgan fingerprint density at radius 3 is 3.00 bits per heavy atom. The molecule has 0 radical (unpaired) electrons. The summed E-state index contributed by atoms with van der Waals surface area (Å²) in [5.41, 5.74) is 3.52. The summed E-state index contributed by atoms with van der Waals surface area (Å²) in [7, 11) is 0. The smallest absolute Gasteiger partial charge is 0.128 e. The molecule has 5 heteroatoms. The van der Waals surface area contributed by atoms with Gasteiger partial charge in [-0.15, -0.1) is 11.3 Å². The van der Waals surface area contributed by atoms with Crippen molar-refractivity contribution < 1.29 is 4.39 Å². The Balaban J connectivity index is 1.80. The maximum atomic E-state index is 13.5. The minimum Gasteiger partial charge on any atom is -0.381 e. The van der Waals surface area contributed by atoms with Crippen molar-refractivity contribution in [1.82, 2.24) is 10.2 Å². The topological polar surface area (TPSA) is 40.7 Å². The zero-order valence-electron chi connectivity index (χ0n) is 11.0. The van der Waals surface area contributed by atoms with Crippen molar-refractivity contribution in [2.75, 3.05) is 5.32 Å². The van der Waals surface area contributed by atoms with Gasteiger partial charge in [0, 0.05) is 23.4 Å². The van der Waals surface area contributed by atoms with Gasteiger partial charge in [-0.1, -0.05) is 12.1 Å². The molecule has 0 fully saturated rings. The molecule has 0 saturated carbocycles. The van der Waals surface area contributed by atoms with Gasteiger partial charge in [0.25, 0.3) is 0 Å². The highest BCUT2D eigenvalue weighted by Crippen LogP contribution is 2.26. The molecular weight excluding hydrogens is 273 g/mol. The first-order valence-electron chi connectivity index (χ1n) is 6.31. The summed E-state index contributed by atoms with van der Waals surface area (Å²) in [6.07, 6.45) is 1.80. The van der Waals surface area contributed by atoms with Crippen molar-refractivity contribution in [3.63, 3.8) is 0 Å². The van der Waals surface area contributed by atoms with Gasteiger partial charge in [0.15, 0.2) is 0 Å². The zero-order valence-corrected chi connectivity index (χ0v) is 11.8. The normalized spacial score (nSPS) is 10.7. The average molecular weight is 287 g/mol. The van der Waals surface area contributed by atoms with Gasteiger partial charge in [0.1, 0.15) is 5.82 Å². The minimum atomic E-state index is -0.194. The molecule has 2 heterocycles. The third-order valence-electron chi connectivity index (χ3n) is 3.22. The fraction of sp³-hybridized carbons (Fsp3) is 0.133. The standard InChI is InChI=1S/C15H14FN3S/c1-10-12(16)4-2-5-13(10)17-8-11-9-18-19-15(11)14-6-3-7-20-14/h2-7,9,17H,8H2,1H3,(H,18,19). The number of halogens is 1. The van der Waals surface area contributed by atoms with Crippen LogP contribution in [0.5, 0.6) is 0 Å². The highest BCUT2D eigenvalue weighted by Gasteiger charge is 2.09. The van der Waals surface area contributed by atoms with Crippen LogP contribution in [0, 0.1) is 12.7 Å². The second kappa shape index (κ2) is 5.46. The zero-order chi connectivity index (χ0) is 13.9. The average Bonchev–Trinajstić information content (AvgIpc) is 3.10. The minimum absolute atomic E-state index is 0.194. The Hall–Kier alpha value is -2.14. The number of thiophene rings is 1. The molecule has 0 amide bonds. The molecule has 0 bridgehead atoms. The number of nitrogens with zero attached hydrogens (tertiary/aromatic N) is 1. The van der Waals surface area contributed by atoms with Gasteiger partial charge >= 0.3 is 0 Å². The highest BCUT2D eigenvalue weighted by molar-refractivity contribution is 7.13. The SMILES string of the molecule is Cc1c(F)cccc1NCc1cn[nH]c1-c1cccs1. The molecule has 0 spiro atoms. The van der Waals surface area contributed by atoms with Crippen molar-refractivity contribution in [3.8, 4) is 10.6 Å². The lowest BCUT2D eigenvalue weighted by molar-refractivity contribution is 0.619. The van der Waals surface area contributed by atoms with E-state index >= 15 is 0 Å². The van der Waals surface area contributed by atoms with Gasteiger partial charge in [-0.25, -0.2) is 4.39 Å². The number of H-pyrrole nitrogens is 1. The quantitative estimate of drug-likeness (QED) is 0.755. The molecule has 3 rings (SSSR count). The molecule has 3 nitrogen and oxygen atoms in total. The Kier molecular flexibility index (Phi) is 3.52. The predicted octanol–water partition coefficient (Wildman–Crippen LogP) is 4.20. The van der Waals surface area contributed by atoms with Crippen LogP contribution in [0.4, 0.5) is 10.1 Å². The fourth-order valence-electron chi connectivity index (χ4n) is 2.07. The van der Waals surface area contributed by atoms with E-state index in [4.69, 9.17) is 0 Å². The van der Waals surface area contributed by atoms with E-state index in [9.17, 15) is 4.39 Å². The summed E-state index contributed by atoms with van der Waals surface area (Å²) < 4.78 is 13.5. The molecule has 3 aromatic rings. The Labute approximate surface area is 120 Å². The van der Waals surface area contributed by atoms with E-state index in [1.807, 2.05) is 17.5 Å². The molecule has 0 aliphatic carbocycles. The van der Waals surface area contributed by atoms with E-state index in [0.29, 0.717) is 12.1 Å². The van der Waals surface area contributed by atoms with Crippen LogP contribution < -0.4 is 5.32 Å². The van der Waals surface area contributed by atoms with Gasteiger partial charge in [0.2, 0.25) is 0 Å². The number of benzene rings is 1. The monoisotopic (exact) mass is 287 g/mol. The van der Waals surface area contributed by atoms with Crippen LogP contribution in [0.3, 0.4) is 0 Å². The molecule has 20 heavy (non-hydrogen) atoms. The highest BCUT2D eigenvalue weighted by atomic mass is 32.1. The molecule has 0 aliphatic rings. The van der Waals surface area contributed by atoms with Crippen LogP contribution in [0.15, 0.2) is 41.9 Å². The van der Waals surface area contributed by atoms with E-state index in [-0.39, 0.29) is 5.82 Å². The first-order chi connectivity index (χ1) is 9.75. The van der Waals surface area contributed by atoms with Crippen LogP contribution in [0.1, 0.15) is 11.1 Å². The number of aromatic amines is 1. The number of rotatable bonds is 4. The summed E-state index contributed by atoms with van der Waals surface area (Å²) >= 11 is 1.66. The molecule has 102 valence electrons. The molecule has 0 saturated heterocycles. The summed E-state index contributed by atoms with van der Waals surface area (Å²) in [5, 5.41) is 12.4. The number of hydrogen-bond acceptors (Lipinski definition) is 3. The van der Waals surface area contributed by atoms with E-state index in [1.165, 1.54) is 6.07 Å². The van der Waals surface area contributed by atoms with E-state index in [0.717, 1.165) is 21.8 Å². The van der Waals surface area contributed by atoms with Crippen molar-refractivity contribution in [3.05, 3.63) is 58.9 Å². The Bertz CT molecular complexity index is 704. The number of anilines is 1. The lowest BCUT2D eigenvalue weighted by atomic mass is 10.1. The third kappa shape index (κ3) is 2.44. The van der Waals surface area contributed by atoms with E-state index in [2.05, 4.69) is 21.6 Å². The first-order valence-corrected chi connectivity index (χ1v) is 7.19. The van der Waals surface area contributed by atoms with Crippen molar-refractivity contribution in [2.45, 2.75) is 13.5 Å². The van der Waals surface area contributed by atoms with Crippen LogP contribution in [-0.2, 0) is 6.54 Å². The first kappa shape index (κ1) is 12.9. The summed E-state index contributed by atoms with van der Waals surface area (Å²) in [5.74, 6) is -0.194. The Morgan fingerprint density at radius 1 is 1.30 bits per heavy atom. The van der Waals surface area contributed by atoms with Gasteiger partial charge < -0.3 is 5.32 Å². The van der Waals surface area contributed by atoms with Crippen LogP contribution >= 0.6 is 11.3 Å². The largest absolute Gasteiger partial charge is 0.381 e. The van der Waals surface area contributed by atoms with Crippen LogP contribution in [0.2, 0.25) is 0 Å². The summed E-state index contributed by atoms with van der Waals surface area (Å²) in [6, 6.07) is 9.11. The van der Waals surface area contributed by atoms with Crippen molar-refractivity contribution >= 4 is 17.0 Å². The van der Waals surface area contributed by atoms with Crippen molar-refractivity contribution in [2.24, 2.45) is 0 Å². The van der Waals surface area contributed by atoms with Gasteiger partial charge in [-0.05, 0) is 30.5 Å². The number of hydrogen-bond donors (Lipinski definition) is 2. The number of nitrogens with one attached hydrogen (secondary N) is 2. The van der Waals surface area contributed by atoms with E-state index < -0.39 is 0 Å². The van der Waals surface area contributed by atoms with Crippen molar-refractivity contribution in [1.29, 1.82) is 0 Å². The molecule has 0 aliphatic heterocycles. The van der Waals surface area contributed by atoms with Gasteiger partial charge in [0.05, 0.1) is 16.8 Å². The van der Waals surface area contributed by atoms with E-state index in [1.54, 1.807) is 30.5 Å². The predicted molar refractivity (Wildman–Crippen MR) is 80.4 cm³/mol. The second-order valence-corrected chi connectivity index (χ2v) is 5.46. The maximum Gasteiger partial charge on any atom is 0.128 e. The Morgan fingerprint density at radius 2 is 2.20 bits per heavy atom. The second-order valence-electron chi connectivity index (χ2n) is 4.51. The fourth-order valence-corrected chi connectivity index (χ4v) is 2.82. The van der Waals surface area contributed by atoms with Crippen LogP contribution in [0.25, 0.3) is 10.6 Å². The third-order valence-corrected chi connectivity index (χ3v) is 4.11. The number of aromatic nitrogens is 2. The maximum absolute atomic E-state index is 13.5. The molecule has 1 aromatic carbocycles. The lowest BCUT2D eigenvalue weighted by Gasteiger charge is -2.09. The molecule has 2 aromatic heterocycles. The van der Waals surface area contributed by atoms with Gasteiger partial charge in [-0.2, -0.15) is 5.10 Å². The lowest BCUT2D eigenvalue weighted by Crippen LogP contribution is -2.02. The summed E-state index contributed by atoms with van der Waals surface area (Å²) in [4.78, 5) is 1.15. The molecule has 0 unspecified atom stereocenters. The van der Waals surface area contributed by atoms with Crippen LogP contribution in [-0.4, -0.2) is 10.2 Å². The molecule has 2 N–H and O–H groups in total. The summed E-state index contributed by atoms with van der Waals surface area (Å²) in [6.45, 7) is 2.38.